The molecule has 19 heteroatoms. The highest BCUT2D eigenvalue weighted by molar-refractivity contribution is 6.90. The van der Waals surface area contributed by atoms with Gasteiger partial charge >= 0.3 is 44.6 Å². The minimum Gasteiger partial charge on any atom is -0.481 e. The molecule has 0 aromatic rings. The summed E-state index contributed by atoms with van der Waals surface area (Å²) in [6.45, 7) is 43.5. The molecule has 0 amide bonds. The van der Waals surface area contributed by atoms with Gasteiger partial charge in [0.15, 0.2) is 25.0 Å². The van der Waals surface area contributed by atoms with Crippen LogP contribution in [0.4, 0.5) is 0 Å². The smallest absolute Gasteiger partial charge is 0.469 e. The topological polar surface area (TPSA) is 207 Å². The predicted octanol–water partition coefficient (Wildman–Crippen LogP) is 19.6. The van der Waals surface area contributed by atoms with Gasteiger partial charge in [0.1, 0.15) is 5.60 Å². The molecule has 2 N–H and O–H groups in total. The lowest BCUT2D eigenvalue weighted by atomic mass is 9.63. The van der Waals surface area contributed by atoms with Crippen molar-refractivity contribution in [2.75, 3.05) is 19.8 Å². The average molecular weight is 1340 g/mol. The van der Waals surface area contributed by atoms with Crippen LogP contribution in [0.15, 0.2) is 0 Å². The highest BCUT2D eigenvalue weighted by Crippen LogP contribution is 2.64. The van der Waals surface area contributed by atoms with Crippen molar-refractivity contribution in [3.05, 3.63) is 0 Å². The normalized spacial score (nSPS) is 26.0. The third-order valence-corrected chi connectivity index (χ3v) is 33.6. The first-order valence-corrected chi connectivity index (χ1v) is 43.5. The number of carbonyl (C=O) groups is 6. The number of fused-ring (bicyclic) bond motifs is 4. The van der Waals surface area contributed by atoms with Gasteiger partial charge in [-0.2, -0.15) is 0 Å². The van der Waals surface area contributed by atoms with Crippen molar-refractivity contribution < 1.29 is 70.3 Å². The second-order valence-corrected chi connectivity index (χ2v) is 43.8. The Hall–Kier alpha value is -2.27. The molecule has 0 spiro atoms. The van der Waals surface area contributed by atoms with Crippen molar-refractivity contribution in [2.24, 2.45) is 82.3 Å². The largest absolute Gasteiger partial charge is 0.481 e. The van der Waals surface area contributed by atoms with Crippen LogP contribution in [-0.2, 0) is 60.1 Å². The lowest BCUT2D eigenvalue weighted by Gasteiger charge is -2.45. The van der Waals surface area contributed by atoms with E-state index in [4.69, 9.17) is 31.3 Å². The molecule has 5 fully saturated rings. The van der Waals surface area contributed by atoms with Crippen LogP contribution in [0.2, 0.25) is 63.5 Å². The Morgan fingerprint density at radius 2 is 1.02 bits per heavy atom. The molecule has 0 radical (unpaired) electrons. The Bertz CT molecular complexity index is 1960. The molecule has 89 heavy (non-hydrogen) atoms. The summed E-state index contributed by atoms with van der Waals surface area (Å²) < 4.78 is 44.4. The molecular weight excluding hydrogens is 1190 g/mol. The standard InChI is InChI=1S/C56H100O15Si4.3C2H6.8CH4/c1-16-37-42(51(61)67-50(37)60)26-25-40-39(44-35-45(40)48(47(44)49(58)59)53(63)65-30-21-29-57)24-23-38-36-33-43(46(34-36)52(62)68-55(6,7)8)41(38)27-28-56(9,17-2)54(64)66-31-22-32-75(69-72(10,11)12,70-73(13,14)15)71-74(18-3,19-4)20-5;3*1-2;;;;;;;;/h36-48,57H,16-35H2,1-15H3,(H,58,59);3*1-2H3;8*1H4. The maximum atomic E-state index is 14.4. The number of aliphatic carboxylic acids is 1. The van der Waals surface area contributed by atoms with Crippen LogP contribution in [0, 0.1) is 82.3 Å². The van der Waals surface area contributed by atoms with E-state index in [1.807, 2.05) is 83.1 Å². The molecule has 1 aliphatic heterocycles. The van der Waals surface area contributed by atoms with Gasteiger partial charge in [-0.25, -0.2) is 0 Å². The minimum atomic E-state index is -3.17. The van der Waals surface area contributed by atoms with Gasteiger partial charge in [-0.05, 0) is 210 Å². The maximum Gasteiger partial charge on any atom is 0.469 e. The van der Waals surface area contributed by atoms with E-state index in [1.54, 1.807) is 0 Å². The van der Waals surface area contributed by atoms with E-state index < -0.39 is 92.3 Å². The van der Waals surface area contributed by atoms with Crippen molar-refractivity contribution in [1.29, 1.82) is 0 Å². The number of carboxylic acids is 1. The zero-order valence-electron chi connectivity index (χ0n) is 54.8. The van der Waals surface area contributed by atoms with Crippen LogP contribution >= 0.6 is 0 Å². The van der Waals surface area contributed by atoms with Crippen LogP contribution in [0.3, 0.4) is 0 Å². The lowest BCUT2D eigenvalue weighted by molar-refractivity contribution is -0.164. The third kappa shape index (κ3) is 26.8. The molecule has 1 saturated heterocycles. The van der Waals surface area contributed by atoms with Crippen molar-refractivity contribution in [3.8, 4) is 0 Å². The number of aliphatic hydroxyl groups excluding tert-OH is 1. The summed E-state index contributed by atoms with van der Waals surface area (Å²) in [4.78, 5) is 80.9. The molecule has 5 rings (SSSR count). The van der Waals surface area contributed by atoms with Crippen LogP contribution in [0.5, 0.6) is 0 Å². The summed E-state index contributed by atoms with van der Waals surface area (Å²) in [5.74, 6) is -6.13. The zero-order chi connectivity index (χ0) is 62.1. The Morgan fingerprint density at radius 3 is 1.47 bits per heavy atom. The van der Waals surface area contributed by atoms with Crippen molar-refractivity contribution >= 4 is 69.6 Å². The van der Waals surface area contributed by atoms with Crippen LogP contribution < -0.4 is 0 Å². The van der Waals surface area contributed by atoms with Crippen LogP contribution in [0.1, 0.15) is 247 Å². The Labute approximate surface area is 555 Å². The van der Waals surface area contributed by atoms with Gasteiger partial charge < -0.3 is 41.5 Å². The maximum absolute atomic E-state index is 14.4. The number of esters is 5. The van der Waals surface area contributed by atoms with E-state index in [0.29, 0.717) is 51.0 Å². The Morgan fingerprint density at radius 1 is 0.562 bits per heavy atom. The number of cyclic esters (lactones) is 2. The first kappa shape index (κ1) is 100. The quantitative estimate of drug-likeness (QED) is 0.0218. The summed E-state index contributed by atoms with van der Waals surface area (Å²) in [6.07, 6.45) is 7.81. The van der Waals surface area contributed by atoms with Crippen LogP contribution in [0.25, 0.3) is 0 Å². The van der Waals surface area contributed by atoms with Gasteiger partial charge in [-0.15, -0.1) is 0 Å². The number of ether oxygens (including phenoxy) is 4. The van der Waals surface area contributed by atoms with E-state index in [0.717, 1.165) is 50.2 Å². The third-order valence-electron chi connectivity index (χ3n) is 18.4. The summed E-state index contributed by atoms with van der Waals surface area (Å²) in [7, 11) is -9.55. The second-order valence-electron chi connectivity index (χ2n) is 26.6. The zero-order valence-corrected chi connectivity index (χ0v) is 58.8. The predicted molar refractivity (Wildman–Crippen MR) is 384 cm³/mol. The van der Waals surface area contributed by atoms with E-state index in [9.17, 15) is 39.0 Å². The molecular formula is C70H150O15Si4. The molecule has 4 saturated carbocycles. The number of carbonyl (C=O) groups excluding carboxylic acids is 5. The molecule has 0 aromatic carbocycles. The van der Waals surface area contributed by atoms with Gasteiger partial charge in [0.2, 0.25) is 0 Å². The molecule has 14 atom stereocenters. The molecule has 536 valence electrons. The van der Waals surface area contributed by atoms with Gasteiger partial charge in [-0.3, -0.25) is 28.8 Å². The Balaban J connectivity index is -0.000000931. The van der Waals surface area contributed by atoms with E-state index in [2.05, 4.69) is 60.1 Å². The Kier molecular flexibility index (Phi) is 50.0. The fourth-order valence-corrected chi connectivity index (χ4v) is 31.5. The average Bonchev–Trinajstić information content (AvgIpc) is 1.63. The second kappa shape index (κ2) is 44.4. The van der Waals surface area contributed by atoms with Gasteiger partial charge in [0, 0.05) is 19.1 Å². The van der Waals surface area contributed by atoms with Crippen LogP contribution in [-0.4, -0.2) is 105 Å². The van der Waals surface area contributed by atoms with Gasteiger partial charge in [0.25, 0.3) is 0 Å². The highest BCUT2D eigenvalue weighted by Gasteiger charge is 2.64. The fraction of sp³-hybridized carbons (Fsp3) is 0.914. The fourth-order valence-electron chi connectivity index (χ4n) is 14.7. The number of aliphatic hydroxyl groups is 1. The number of carboxylic acid groups (broad SMARTS) is 1. The summed E-state index contributed by atoms with van der Waals surface area (Å²) in [5.41, 5.74) is -1.41. The molecule has 1 heterocycles. The molecule has 0 aromatic heterocycles. The van der Waals surface area contributed by atoms with Gasteiger partial charge in [-0.1, -0.05) is 136 Å². The summed E-state index contributed by atoms with van der Waals surface area (Å²) in [6, 6.07) is 3.52. The summed E-state index contributed by atoms with van der Waals surface area (Å²) in [5, 5.41) is 20.1. The number of hydrogen-bond donors (Lipinski definition) is 2. The van der Waals surface area contributed by atoms with E-state index >= 15 is 0 Å². The SMILES string of the molecule is C.C.C.C.C.C.C.C.CC.CC.CC.CCC1C(=O)OC(=O)C1CCC1C(CCC2C3CC(C(=O)OC(C)(C)C)C(C3)C2CCC(C)(CC)C(=O)OCCC[Si](O[Si](C)(C)C)(O[Si](C)(C)C)O[Si](CC)(CC)CC)C2CC1C(C(=O)OCCCO)C2C(=O)O. The van der Waals surface area contributed by atoms with E-state index in [1.165, 1.54) is 0 Å². The highest BCUT2D eigenvalue weighted by atomic mass is 28.5. The monoisotopic (exact) mass is 1340 g/mol. The first-order valence-electron chi connectivity index (χ1n) is 32.2. The molecule has 14 unspecified atom stereocenters. The van der Waals surface area contributed by atoms with Crippen molar-refractivity contribution in [2.45, 2.75) is 316 Å². The first-order chi connectivity index (χ1) is 37.9. The molecule has 4 aliphatic carbocycles. The minimum absolute atomic E-state index is 0. The molecule has 15 nitrogen and oxygen atoms in total. The molecule has 4 bridgehead atoms. The lowest BCUT2D eigenvalue weighted by Crippen LogP contribution is -2.61. The van der Waals surface area contributed by atoms with Crippen molar-refractivity contribution in [1.82, 2.24) is 0 Å². The van der Waals surface area contributed by atoms with Crippen molar-refractivity contribution in [3.63, 3.8) is 0 Å². The van der Waals surface area contributed by atoms with Gasteiger partial charge in [0.05, 0.1) is 48.2 Å². The van der Waals surface area contributed by atoms with E-state index in [-0.39, 0.29) is 151 Å². The molecule has 5 aliphatic rings. The number of hydrogen-bond acceptors (Lipinski definition) is 14. The number of rotatable bonds is 31. The summed E-state index contributed by atoms with van der Waals surface area (Å²) >= 11 is 0.